The van der Waals surface area contributed by atoms with Crippen LogP contribution in [0.4, 0.5) is 0 Å². The van der Waals surface area contributed by atoms with Crippen molar-refractivity contribution in [3.05, 3.63) is 0 Å². The fraction of sp³-hybridized carbons (Fsp3) is 0.941. The summed E-state index contributed by atoms with van der Waals surface area (Å²) in [5, 5.41) is 0. The Labute approximate surface area is 130 Å². The molecule has 4 heteroatoms. The number of nitrogens with zero attached hydrogens (tertiary/aromatic N) is 1. The van der Waals surface area contributed by atoms with E-state index in [-0.39, 0.29) is 11.5 Å². The summed E-state index contributed by atoms with van der Waals surface area (Å²) in [6, 6.07) is 0. The molecule has 0 spiro atoms. The lowest BCUT2D eigenvalue weighted by molar-refractivity contribution is -0.158. The molecule has 1 rings (SSSR count). The molecule has 21 heavy (non-hydrogen) atoms. The third-order valence-electron chi connectivity index (χ3n) is 4.32. The van der Waals surface area contributed by atoms with Gasteiger partial charge in [0, 0.05) is 12.1 Å². The monoisotopic (exact) mass is 298 g/mol. The number of carbonyl (C=O) groups excluding carboxylic acids is 1. The van der Waals surface area contributed by atoms with Crippen LogP contribution >= 0.6 is 0 Å². The summed E-state index contributed by atoms with van der Waals surface area (Å²) < 4.78 is 5.50. The predicted octanol–water partition coefficient (Wildman–Crippen LogP) is 3.09. The smallest absolute Gasteiger partial charge is 0.320 e. The fourth-order valence-corrected chi connectivity index (χ4v) is 3.32. The van der Waals surface area contributed by atoms with Gasteiger partial charge in [-0.2, -0.15) is 0 Å². The quantitative estimate of drug-likeness (QED) is 0.605. The van der Waals surface area contributed by atoms with Gasteiger partial charge in [0.2, 0.25) is 0 Å². The molecule has 0 aromatic carbocycles. The standard InChI is InChI=1S/C17H34N2O2/c1-5-12-19(13-15(20)21-16(2,3)4)17(14-18)10-8-6-7-9-11-17/h5-14,18H2,1-4H3. The van der Waals surface area contributed by atoms with E-state index in [9.17, 15) is 4.79 Å². The minimum absolute atomic E-state index is 0.0105. The summed E-state index contributed by atoms with van der Waals surface area (Å²) in [6.07, 6.45) is 8.24. The van der Waals surface area contributed by atoms with Crippen LogP contribution in [-0.2, 0) is 9.53 Å². The minimum atomic E-state index is -0.422. The Morgan fingerprint density at radius 2 is 1.76 bits per heavy atom. The molecule has 0 atom stereocenters. The molecule has 0 aliphatic heterocycles. The number of ether oxygens (including phenoxy) is 1. The first-order valence-corrected chi connectivity index (χ1v) is 8.50. The van der Waals surface area contributed by atoms with Crippen molar-refractivity contribution in [1.29, 1.82) is 0 Å². The van der Waals surface area contributed by atoms with E-state index in [2.05, 4.69) is 11.8 Å². The maximum Gasteiger partial charge on any atom is 0.320 e. The Balaban J connectivity index is 2.79. The van der Waals surface area contributed by atoms with Crippen molar-refractivity contribution in [3.8, 4) is 0 Å². The van der Waals surface area contributed by atoms with Gasteiger partial charge in [0.05, 0.1) is 6.54 Å². The molecule has 4 nitrogen and oxygen atoms in total. The molecule has 0 bridgehead atoms. The number of esters is 1. The first-order chi connectivity index (χ1) is 9.83. The zero-order valence-electron chi connectivity index (χ0n) is 14.4. The van der Waals surface area contributed by atoms with Crippen molar-refractivity contribution < 1.29 is 9.53 Å². The normalized spacial score (nSPS) is 19.3. The molecule has 0 amide bonds. The largest absolute Gasteiger partial charge is 0.459 e. The molecule has 2 N–H and O–H groups in total. The van der Waals surface area contributed by atoms with Crippen molar-refractivity contribution >= 4 is 5.97 Å². The molecule has 0 saturated heterocycles. The molecular formula is C17H34N2O2. The van der Waals surface area contributed by atoms with Gasteiger partial charge in [-0.3, -0.25) is 9.69 Å². The maximum atomic E-state index is 12.2. The summed E-state index contributed by atoms with van der Waals surface area (Å²) in [4.78, 5) is 14.5. The molecule has 1 aliphatic carbocycles. The third kappa shape index (κ3) is 5.95. The van der Waals surface area contributed by atoms with Crippen molar-refractivity contribution in [1.82, 2.24) is 4.90 Å². The number of rotatable bonds is 6. The molecule has 1 fully saturated rings. The molecule has 0 heterocycles. The third-order valence-corrected chi connectivity index (χ3v) is 4.32. The average Bonchev–Trinajstić information content (AvgIpc) is 2.62. The first kappa shape index (κ1) is 18.4. The minimum Gasteiger partial charge on any atom is -0.459 e. The second-order valence-electron chi connectivity index (χ2n) is 7.35. The van der Waals surface area contributed by atoms with Crippen molar-refractivity contribution in [2.24, 2.45) is 5.73 Å². The Hall–Kier alpha value is -0.610. The van der Waals surface area contributed by atoms with Gasteiger partial charge in [-0.25, -0.2) is 0 Å². The van der Waals surface area contributed by atoms with Crippen LogP contribution in [0.1, 0.15) is 72.6 Å². The van der Waals surface area contributed by atoms with E-state index in [0.29, 0.717) is 13.1 Å². The Morgan fingerprint density at radius 1 is 1.19 bits per heavy atom. The van der Waals surface area contributed by atoms with Crippen molar-refractivity contribution in [2.45, 2.75) is 83.8 Å². The molecular weight excluding hydrogens is 264 g/mol. The lowest BCUT2D eigenvalue weighted by atomic mass is 9.87. The highest BCUT2D eigenvalue weighted by molar-refractivity contribution is 5.72. The van der Waals surface area contributed by atoms with Gasteiger partial charge in [-0.05, 0) is 46.6 Å². The van der Waals surface area contributed by atoms with Gasteiger partial charge < -0.3 is 10.5 Å². The second-order valence-corrected chi connectivity index (χ2v) is 7.35. The van der Waals surface area contributed by atoms with Crippen LogP contribution in [0.5, 0.6) is 0 Å². The summed E-state index contributed by atoms with van der Waals surface area (Å²) in [6.45, 7) is 9.82. The molecule has 124 valence electrons. The topological polar surface area (TPSA) is 55.6 Å². The van der Waals surface area contributed by atoms with E-state index in [0.717, 1.165) is 25.8 Å². The van der Waals surface area contributed by atoms with Gasteiger partial charge in [0.15, 0.2) is 0 Å². The van der Waals surface area contributed by atoms with Crippen LogP contribution in [0.15, 0.2) is 0 Å². The summed E-state index contributed by atoms with van der Waals surface area (Å²) in [7, 11) is 0. The van der Waals surface area contributed by atoms with Crippen LogP contribution in [-0.4, -0.2) is 41.6 Å². The predicted molar refractivity (Wildman–Crippen MR) is 87.2 cm³/mol. The van der Waals surface area contributed by atoms with E-state index < -0.39 is 5.60 Å². The van der Waals surface area contributed by atoms with Gasteiger partial charge in [-0.1, -0.05) is 32.6 Å². The van der Waals surface area contributed by atoms with E-state index in [1.807, 2.05) is 20.8 Å². The molecule has 1 saturated carbocycles. The van der Waals surface area contributed by atoms with Crippen LogP contribution in [0, 0.1) is 0 Å². The van der Waals surface area contributed by atoms with E-state index in [1.54, 1.807) is 0 Å². The zero-order valence-corrected chi connectivity index (χ0v) is 14.4. The van der Waals surface area contributed by atoms with Gasteiger partial charge in [0.1, 0.15) is 5.60 Å². The summed E-state index contributed by atoms with van der Waals surface area (Å²) in [5.74, 6) is -0.131. The number of carbonyl (C=O) groups is 1. The average molecular weight is 298 g/mol. The molecule has 1 aliphatic rings. The van der Waals surface area contributed by atoms with Crippen LogP contribution < -0.4 is 5.73 Å². The highest BCUT2D eigenvalue weighted by Crippen LogP contribution is 2.32. The van der Waals surface area contributed by atoms with Crippen molar-refractivity contribution in [3.63, 3.8) is 0 Å². The molecule has 0 aromatic heterocycles. The van der Waals surface area contributed by atoms with E-state index >= 15 is 0 Å². The summed E-state index contributed by atoms with van der Waals surface area (Å²) >= 11 is 0. The van der Waals surface area contributed by atoms with E-state index in [4.69, 9.17) is 10.5 Å². The first-order valence-electron chi connectivity index (χ1n) is 8.50. The lowest BCUT2D eigenvalue weighted by Crippen LogP contribution is -2.56. The highest BCUT2D eigenvalue weighted by Gasteiger charge is 2.37. The summed E-state index contributed by atoms with van der Waals surface area (Å²) in [5.41, 5.74) is 5.72. The van der Waals surface area contributed by atoms with E-state index in [1.165, 1.54) is 25.7 Å². The zero-order chi connectivity index (χ0) is 15.9. The van der Waals surface area contributed by atoms with Gasteiger partial charge >= 0.3 is 5.97 Å². The van der Waals surface area contributed by atoms with Gasteiger partial charge in [0.25, 0.3) is 0 Å². The fourth-order valence-electron chi connectivity index (χ4n) is 3.32. The van der Waals surface area contributed by atoms with Crippen LogP contribution in [0.25, 0.3) is 0 Å². The number of hydrogen-bond acceptors (Lipinski definition) is 4. The molecule has 0 unspecified atom stereocenters. The SMILES string of the molecule is CCCN(CC(=O)OC(C)(C)C)C1(CN)CCCCCC1. The highest BCUT2D eigenvalue weighted by atomic mass is 16.6. The lowest BCUT2D eigenvalue weighted by Gasteiger charge is -2.43. The maximum absolute atomic E-state index is 12.2. The Morgan fingerprint density at radius 3 is 2.19 bits per heavy atom. The molecule has 0 aromatic rings. The Bertz CT molecular complexity index is 315. The number of hydrogen-bond donors (Lipinski definition) is 1. The Kier molecular flexibility index (Phi) is 7.14. The second kappa shape index (κ2) is 8.14. The molecule has 0 radical (unpaired) electrons. The van der Waals surface area contributed by atoms with Crippen LogP contribution in [0.2, 0.25) is 0 Å². The van der Waals surface area contributed by atoms with Crippen LogP contribution in [0.3, 0.4) is 0 Å². The number of nitrogens with two attached hydrogens (primary N) is 1. The van der Waals surface area contributed by atoms with Crippen molar-refractivity contribution in [2.75, 3.05) is 19.6 Å². The van der Waals surface area contributed by atoms with Gasteiger partial charge in [-0.15, -0.1) is 0 Å².